The monoisotopic (exact) mass is 367 g/mol. The molecular formula is C20H18FN3O3. The van der Waals surface area contributed by atoms with Gasteiger partial charge in [0.25, 0.3) is 5.91 Å². The van der Waals surface area contributed by atoms with E-state index in [1.165, 1.54) is 12.1 Å². The minimum absolute atomic E-state index is 0.114. The molecule has 2 N–H and O–H groups in total. The number of halogens is 1. The molecule has 1 saturated heterocycles. The maximum Gasteiger partial charge on any atom is 0.314 e. The van der Waals surface area contributed by atoms with Gasteiger partial charge in [0.05, 0.1) is 17.1 Å². The highest BCUT2D eigenvalue weighted by atomic mass is 19.1. The zero-order valence-electron chi connectivity index (χ0n) is 14.5. The lowest BCUT2D eigenvalue weighted by Crippen LogP contribution is -2.38. The topological polar surface area (TPSA) is 86.0 Å². The van der Waals surface area contributed by atoms with Crippen molar-refractivity contribution in [3.63, 3.8) is 0 Å². The number of nitrogens with one attached hydrogen (secondary N) is 2. The molecule has 4 rings (SSSR count). The second-order valence-electron chi connectivity index (χ2n) is 6.73. The van der Waals surface area contributed by atoms with Gasteiger partial charge in [0, 0.05) is 12.1 Å². The predicted octanol–water partition coefficient (Wildman–Crippen LogP) is 2.72. The fourth-order valence-corrected chi connectivity index (χ4v) is 3.62. The summed E-state index contributed by atoms with van der Waals surface area (Å²) in [5.74, 6) is -0.460. The number of aromatic nitrogens is 2. The van der Waals surface area contributed by atoms with Crippen LogP contribution in [0.5, 0.6) is 0 Å². The zero-order chi connectivity index (χ0) is 19.0. The molecule has 0 saturated carbocycles. The van der Waals surface area contributed by atoms with Crippen LogP contribution in [0.1, 0.15) is 41.2 Å². The van der Waals surface area contributed by atoms with Crippen molar-refractivity contribution in [2.75, 3.05) is 6.54 Å². The number of fused-ring (bicyclic) bond motifs is 1. The molecule has 1 aromatic heterocycles. The molecule has 0 radical (unpaired) electrons. The number of carbonyl (C=O) groups excluding carboxylic acids is 1. The molecule has 6 nitrogen and oxygen atoms in total. The minimum atomic E-state index is -0.755. The average Bonchev–Trinajstić information content (AvgIpc) is 2.69. The summed E-state index contributed by atoms with van der Waals surface area (Å²) in [6, 6.07) is 10.9. The first-order chi connectivity index (χ1) is 13.0. The number of rotatable bonds is 2. The molecule has 0 bridgehead atoms. The number of carbonyl (C=O) groups is 1. The Morgan fingerprint density at radius 2 is 1.67 bits per heavy atom. The molecule has 1 atom stereocenters. The summed E-state index contributed by atoms with van der Waals surface area (Å²) in [6.45, 7) is 0.612. The predicted molar refractivity (Wildman–Crippen MR) is 99.2 cm³/mol. The number of amides is 1. The molecular weight excluding hydrogens is 349 g/mol. The lowest BCUT2D eigenvalue weighted by molar-refractivity contribution is 0.0611. The number of likely N-dealkylation sites (tertiary alicyclic amines) is 1. The van der Waals surface area contributed by atoms with E-state index in [0.29, 0.717) is 23.1 Å². The number of H-pyrrole nitrogens is 2. The summed E-state index contributed by atoms with van der Waals surface area (Å²) >= 11 is 0. The Balaban J connectivity index is 1.70. The molecule has 1 aliphatic heterocycles. The van der Waals surface area contributed by atoms with Gasteiger partial charge in [-0.2, -0.15) is 0 Å². The lowest BCUT2D eigenvalue weighted by Gasteiger charge is -2.36. The third-order valence-electron chi connectivity index (χ3n) is 4.99. The standard InChI is InChI=1S/C20H18FN3O3/c21-14-7-4-12(5-8-14)17-3-1-2-10-24(17)20(27)13-6-9-15-16(11-13)23-19(26)18(25)22-15/h4-9,11,17H,1-3,10H2,(H,22,25)(H,23,26)/t17-/m0/s1. The van der Waals surface area contributed by atoms with Gasteiger partial charge in [-0.15, -0.1) is 0 Å². The van der Waals surface area contributed by atoms with E-state index in [1.807, 2.05) is 0 Å². The molecule has 1 amide bonds. The van der Waals surface area contributed by atoms with Crippen LogP contribution in [0.2, 0.25) is 0 Å². The SMILES string of the molecule is O=C(c1ccc2[nH]c(=O)c(=O)[nH]c2c1)N1CCCC[C@H]1c1ccc(F)cc1. The van der Waals surface area contributed by atoms with Crippen LogP contribution in [0.4, 0.5) is 4.39 Å². The summed E-state index contributed by atoms with van der Waals surface area (Å²) < 4.78 is 13.2. The molecule has 7 heteroatoms. The molecule has 0 unspecified atom stereocenters. The smallest absolute Gasteiger partial charge is 0.314 e. The van der Waals surface area contributed by atoms with Crippen molar-refractivity contribution in [3.8, 4) is 0 Å². The summed E-state index contributed by atoms with van der Waals surface area (Å²) in [4.78, 5) is 42.9. The van der Waals surface area contributed by atoms with Crippen molar-refractivity contribution in [3.05, 3.63) is 80.1 Å². The number of nitrogens with zero attached hydrogens (tertiary/aromatic N) is 1. The van der Waals surface area contributed by atoms with Gasteiger partial charge in [-0.05, 0) is 55.2 Å². The van der Waals surface area contributed by atoms with Crippen LogP contribution >= 0.6 is 0 Å². The van der Waals surface area contributed by atoms with Crippen molar-refractivity contribution in [1.82, 2.24) is 14.9 Å². The van der Waals surface area contributed by atoms with Gasteiger partial charge in [-0.1, -0.05) is 12.1 Å². The molecule has 1 aliphatic rings. The Bertz CT molecular complexity index is 1120. The van der Waals surface area contributed by atoms with Crippen LogP contribution in [-0.2, 0) is 0 Å². The van der Waals surface area contributed by atoms with Gasteiger partial charge in [0.2, 0.25) is 0 Å². The average molecular weight is 367 g/mol. The van der Waals surface area contributed by atoms with E-state index in [2.05, 4.69) is 9.97 Å². The molecule has 1 fully saturated rings. The van der Waals surface area contributed by atoms with Gasteiger partial charge < -0.3 is 14.9 Å². The van der Waals surface area contributed by atoms with Crippen molar-refractivity contribution in [1.29, 1.82) is 0 Å². The first kappa shape index (κ1) is 17.2. The summed E-state index contributed by atoms with van der Waals surface area (Å²) in [6.07, 6.45) is 2.72. The van der Waals surface area contributed by atoms with Crippen molar-refractivity contribution in [2.24, 2.45) is 0 Å². The quantitative estimate of drug-likeness (QED) is 0.683. The van der Waals surface area contributed by atoms with E-state index in [4.69, 9.17) is 0 Å². The van der Waals surface area contributed by atoms with E-state index in [1.54, 1.807) is 35.2 Å². The van der Waals surface area contributed by atoms with Crippen LogP contribution in [-0.4, -0.2) is 27.3 Å². The second-order valence-corrected chi connectivity index (χ2v) is 6.73. The van der Waals surface area contributed by atoms with Gasteiger partial charge in [0.15, 0.2) is 0 Å². The van der Waals surface area contributed by atoms with Gasteiger partial charge >= 0.3 is 11.1 Å². The maximum atomic E-state index is 13.2. The first-order valence-electron chi connectivity index (χ1n) is 8.86. The van der Waals surface area contributed by atoms with E-state index in [-0.39, 0.29) is 17.8 Å². The zero-order valence-corrected chi connectivity index (χ0v) is 14.5. The van der Waals surface area contributed by atoms with Gasteiger partial charge in [-0.25, -0.2) is 4.39 Å². The van der Waals surface area contributed by atoms with Crippen molar-refractivity contribution in [2.45, 2.75) is 25.3 Å². The van der Waals surface area contributed by atoms with E-state index >= 15 is 0 Å². The van der Waals surface area contributed by atoms with Crippen LogP contribution in [0.25, 0.3) is 11.0 Å². The number of hydrogen-bond acceptors (Lipinski definition) is 3. The number of benzene rings is 2. The van der Waals surface area contributed by atoms with E-state index < -0.39 is 11.1 Å². The Hall–Kier alpha value is -3.22. The van der Waals surface area contributed by atoms with Crippen LogP contribution in [0, 0.1) is 5.82 Å². The third kappa shape index (κ3) is 3.28. The summed E-state index contributed by atoms with van der Waals surface area (Å²) in [5, 5.41) is 0. The fourth-order valence-electron chi connectivity index (χ4n) is 3.62. The Kier molecular flexibility index (Phi) is 4.35. The highest BCUT2D eigenvalue weighted by Crippen LogP contribution is 2.32. The number of hydrogen-bond donors (Lipinski definition) is 2. The molecule has 138 valence electrons. The normalized spacial score (nSPS) is 17.2. The Morgan fingerprint density at radius 1 is 0.963 bits per heavy atom. The maximum absolute atomic E-state index is 13.2. The molecule has 3 aromatic rings. The van der Waals surface area contributed by atoms with Gasteiger partial charge in [0.1, 0.15) is 5.82 Å². The van der Waals surface area contributed by atoms with Crippen LogP contribution in [0.3, 0.4) is 0 Å². The molecule has 0 spiro atoms. The van der Waals surface area contributed by atoms with Crippen LogP contribution < -0.4 is 11.1 Å². The molecule has 0 aliphatic carbocycles. The Morgan fingerprint density at radius 3 is 2.41 bits per heavy atom. The second kappa shape index (κ2) is 6.83. The van der Waals surface area contributed by atoms with E-state index in [9.17, 15) is 18.8 Å². The summed E-state index contributed by atoms with van der Waals surface area (Å²) in [5.41, 5.74) is 0.719. The molecule has 2 heterocycles. The highest BCUT2D eigenvalue weighted by molar-refractivity contribution is 5.97. The largest absolute Gasteiger partial charge is 0.332 e. The Labute approximate surface area is 153 Å². The highest BCUT2D eigenvalue weighted by Gasteiger charge is 2.28. The van der Waals surface area contributed by atoms with Crippen LogP contribution in [0.15, 0.2) is 52.1 Å². The lowest BCUT2D eigenvalue weighted by atomic mass is 9.94. The summed E-state index contributed by atoms with van der Waals surface area (Å²) in [7, 11) is 0. The molecule has 27 heavy (non-hydrogen) atoms. The van der Waals surface area contributed by atoms with Gasteiger partial charge in [-0.3, -0.25) is 14.4 Å². The fraction of sp³-hybridized carbons (Fsp3) is 0.250. The van der Waals surface area contributed by atoms with E-state index in [0.717, 1.165) is 24.8 Å². The minimum Gasteiger partial charge on any atom is -0.332 e. The number of piperidine rings is 1. The van der Waals surface area contributed by atoms with Crippen molar-refractivity contribution < 1.29 is 9.18 Å². The first-order valence-corrected chi connectivity index (χ1v) is 8.86. The van der Waals surface area contributed by atoms with Crippen molar-refractivity contribution >= 4 is 16.9 Å². The third-order valence-corrected chi connectivity index (χ3v) is 4.99. The molecule has 2 aromatic carbocycles. The number of aromatic amines is 2.